The Morgan fingerprint density at radius 3 is 2.81 bits per heavy atom. The lowest BCUT2D eigenvalue weighted by atomic mass is 10.1. The van der Waals surface area contributed by atoms with Crippen LogP contribution < -0.4 is 4.74 Å². The van der Waals surface area contributed by atoms with Crippen LogP contribution >= 0.6 is 23.4 Å². The van der Waals surface area contributed by atoms with Crippen molar-refractivity contribution >= 4 is 23.4 Å². The molecule has 0 aliphatic rings. The first-order valence-electron chi connectivity index (χ1n) is 6.47. The van der Waals surface area contributed by atoms with Crippen LogP contribution in [0.3, 0.4) is 0 Å². The summed E-state index contributed by atoms with van der Waals surface area (Å²) in [7, 11) is 1.58. The second kappa shape index (κ2) is 7.69. The topological polar surface area (TPSA) is 29.5 Å². The Bertz CT molecular complexity index is 607. The van der Waals surface area contributed by atoms with Crippen LogP contribution in [0.25, 0.3) is 0 Å². The van der Waals surface area contributed by atoms with Gasteiger partial charge in [0.25, 0.3) is 0 Å². The van der Waals surface area contributed by atoms with Crippen molar-refractivity contribution in [1.29, 1.82) is 0 Å². The normalized spacial score (nSPS) is 12.2. The summed E-state index contributed by atoms with van der Waals surface area (Å²) in [4.78, 5) is 0.798. The minimum atomic E-state index is -0.564. The summed E-state index contributed by atoms with van der Waals surface area (Å²) in [6, 6.07) is 11.7. The number of aliphatic hydroxyl groups excluding tert-OH is 1. The van der Waals surface area contributed by atoms with E-state index in [1.54, 1.807) is 31.4 Å². The summed E-state index contributed by atoms with van der Waals surface area (Å²) in [6.45, 7) is 0. The summed E-state index contributed by atoms with van der Waals surface area (Å²) >= 11 is 7.38. The molecule has 0 saturated heterocycles. The van der Waals surface area contributed by atoms with E-state index >= 15 is 0 Å². The number of methoxy groups -OCH3 is 1. The summed E-state index contributed by atoms with van der Waals surface area (Å²) in [6.07, 6.45) is -0.128. The summed E-state index contributed by atoms with van der Waals surface area (Å²) in [5.41, 5.74) is 0.859. The van der Waals surface area contributed by atoms with E-state index in [0.29, 0.717) is 22.9 Å². The second-order valence-corrected chi connectivity index (χ2v) is 6.11. The van der Waals surface area contributed by atoms with Gasteiger partial charge in [-0.1, -0.05) is 17.7 Å². The van der Waals surface area contributed by atoms with E-state index < -0.39 is 6.10 Å². The zero-order valence-corrected chi connectivity index (χ0v) is 13.1. The smallest absolute Gasteiger partial charge is 0.124 e. The van der Waals surface area contributed by atoms with Gasteiger partial charge in [0.2, 0.25) is 0 Å². The third-order valence-electron chi connectivity index (χ3n) is 2.94. The van der Waals surface area contributed by atoms with Crippen molar-refractivity contribution in [3.63, 3.8) is 0 Å². The fourth-order valence-electron chi connectivity index (χ4n) is 1.97. The molecule has 1 atom stereocenters. The van der Waals surface area contributed by atoms with Crippen LogP contribution in [-0.2, 0) is 6.42 Å². The maximum absolute atomic E-state index is 13.1. The average Bonchev–Trinajstić information content (AvgIpc) is 2.45. The molecule has 2 aromatic carbocycles. The Kier molecular flexibility index (Phi) is 5.91. The molecule has 0 heterocycles. The van der Waals surface area contributed by atoms with Gasteiger partial charge in [-0.3, -0.25) is 0 Å². The van der Waals surface area contributed by atoms with Gasteiger partial charge >= 0.3 is 0 Å². The van der Waals surface area contributed by atoms with Crippen LogP contribution in [0, 0.1) is 5.82 Å². The number of hydrogen-bond donors (Lipinski definition) is 1. The van der Waals surface area contributed by atoms with Crippen molar-refractivity contribution in [2.75, 3.05) is 12.9 Å². The maximum Gasteiger partial charge on any atom is 0.124 e. The van der Waals surface area contributed by atoms with E-state index in [9.17, 15) is 9.50 Å². The number of halogens is 2. The lowest BCUT2D eigenvalue weighted by molar-refractivity contribution is 0.199. The zero-order valence-electron chi connectivity index (χ0n) is 11.6. The van der Waals surface area contributed by atoms with Gasteiger partial charge in [0.15, 0.2) is 0 Å². The van der Waals surface area contributed by atoms with Gasteiger partial charge in [0.05, 0.1) is 13.2 Å². The fraction of sp³-hybridized carbons (Fsp3) is 0.250. The monoisotopic (exact) mass is 326 g/mol. The highest BCUT2D eigenvalue weighted by Gasteiger charge is 2.11. The molecule has 2 aromatic rings. The van der Waals surface area contributed by atoms with E-state index in [1.807, 2.05) is 6.07 Å². The molecule has 1 N–H and O–H groups in total. The largest absolute Gasteiger partial charge is 0.496 e. The Hall–Kier alpha value is -1.23. The number of rotatable bonds is 6. The van der Waals surface area contributed by atoms with Gasteiger partial charge in [0.1, 0.15) is 11.6 Å². The first-order chi connectivity index (χ1) is 10.1. The molecule has 0 aliphatic carbocycles. The first-order valence-corrected chi connectivity index (χ1v) is 7.83. The lowest BCUT2D eigenvalue weighted by Crippen LogP contribution is -2.14. The van der Waals surface area contributed by atoms with E-state index in [-0.39, 0.29) is 5.82 Å². The third-order valence-corrected chi connectivity index (χ3v) is 4.31. The van der Waals surface area contributed by atoms with Crippen molar-refractivity contribution in [1.82, 2.24) is 0 Å². The molecule has 0 aromatic heterocycles. The number of aliphatic hydroxyl groups is 1. The molecule has 0 saturated carbocycles. The number of thioether (sulfide) groups is 1. The SMILES string of the molecule is COc1ccc(Cl)cc1CC(O)CSc1cccc(F)c1. The van der Waals surface area contributed by atoms with Gasteiger partial charge in [-0.2, -0.15) is 0 Å². The molecule has 5 heteroatoms. The van der Waals surface area contributed by atoms with Crippen LogP contribution in [0.5, 0.6) is 5.75 Å². The number of hydrogen-bond acceptors (Lipinski definition) is 3. The maximum atomic E-state index is 13.1. The van der Waals surface area contributed by atoms with E-state index in [1.165, 1.54) is 23.9 Å². The molecule has 0 radical (unpaired) electrons. The second-order valence-electron chi connectivity index (χ2n) is 4.58. The van der Waals surface area contributed by atoms with Crippen LogP contribution in [0.15, 0.2) is 47.4 Å². The third kappa shape index (κ3) is 4.92. The lowest BCUT2D eigenvalue weighted by Gasteiger charge is -2.13. The van der Waals surface area contributed by atoms with Crippen LogP contribution in [0.1, 0.15) is 5.56 Å². The van der Waals surface area contributed by atoms with Crippen molar-refractivity contribution in [2.24, 2.45) is 0 Å². The molecule has 21 heavy (non-hydrogen) atoms. The van der Waals surface area contributed by atoms with Gasteiger partial charge in [-0.25, -0.2) is 4.39 Å². The summed E-state index contributed by atoms with van der Waals surface area (Å²) in [5.74, 6) is 0.902. The predicted octanol–water partition coefficient (Wildman–Crippen LogP) is 4.18. The minimum absolute atomic E-state index is 0.272. The number of benzene rings is 2. The molecule has 112 valence electrons. The molecule has 0 aliphatic heterocycles. The Morgan fingerprint density at radius 2 is 2.10 bits per heavy atom. The van der Waals surface area contributed by atoms with Crippen molar-refractivity contribution in [2.45, 2.75) is 17.4 Å². The molecule has 1 unspecified atom stereocenters. The van der Waals surface area contributed by atoms with Gasteiger partial charge in [0, 0.05) is 22.1 Å². The van der Waals surface area contributed by atoms with Crippen molar-refractivity contribution in [3.05, 3.63) is 58.9 Å². The van der Waals surface area contributed by atoms with Crippen LogP contribution in [-0.4, -0.2) is 24.1 Å². The minimum Gasteiger partial charge on any atom is -0.496 e. The van der Waals surface area contributed by atoms with E-state index in [0.717, 1.165) is 10.5 Å². The summed E-state index contributed by atoms with van der Waals surface area (Å²) in [5, 5.41) is 10.7. The van der Waals surface area contributed by atoms with Gasteiger partial charge < -0.3 is 9.84 Å². The molecule has 2 rings (SSSR count). The van der Waals surface area contributed by atoms with Crippen molar-refractivity contribution < 1.29 is 14.2 Å². The highest BCUT2D eigenvalue weighted by Crippen LogP contribution is 2.26. The molecular weight excluding hydrogens is 311 g/mol. The molecule has 0 fully saturated rings. The van der Waals surface area contributed by atoms with E-state index in [2.05, 4.69) is 0 Å². The standard InChI is InChI=1S/C16H16ClFO2S/c1-20-16-6-5-12(17)7-11(16)8-14(19)10-21-15-4-2-3-13(18)9-15/h2-7,9,14,19H,8,10H2,1H3. The Balaban J connectivity index is 1.95. The fourth-order valence-corrected chi connectivity index (χ4v) is 3.04. The van der Waals surface area contributed by atoms with Gasteiger partial charge in [-0.15, -0.1) is 11.8 Å². The van der Waals surface area contributed by atoms with E-state index in [4.69, 9.17) is 16.3 Å². The Labute approximate surface area is 132 Å². The summed E-state index contributed by atoms with van der Waals surface area (Å²) < 4.78 is 18.3. The molecule has 0 amide bonds. The quantitative estimate of drug-likeness (QED) is 0.807. The molecular formula is C16H16ClFO2S. The zero-order chi connectivity index (χ0) is 15.2. The van der Waals surface area contributed by atoms with Crippen molar-refractivity contribution in [3.8, 4) is 5.75 Å². The van der Waals surface area contributed by atoms with Crippen LogP contribution in [0.2, 0.25) is 5.02 Å². The average molecular weight is 327 g/mol. The molecule has 0 spiro atoms. The molecule has 2 nitrogen and oxygen atoms in total. The molecule has 0 bridgehead atoms. The van der Waals surface area contributed by atoms with Crippen LogP contribution in [0.4, 0.5) is 4.39 Å². The Morgan fingerprint density at radius 1 is 1.29 bits per heavy atom. The predicted molar refractivity (Wildman–Crippen MR) is 84.8 cm³/mol. The van der Waals surface area contributed by atoms with Gasteiger partial charge in [-0.05, 0) is 42.0 Å². The highest BCUT2D eigenvalue weighted by molar-refractivity contribution is 7.99. The number of ether oxygens (including phenoxy) is 1. The highest BCUT2D eigenvalue weighted by atomic mass is 35.5. The first kappa shape index (κ1) is 16.1.